The molecule has 0 aliphatic carbocycles. The Kier molecular flexibility index (Phi) is 4.24. The van der Waals surface area contributed by atoms with Crippen LogP contribution in [-0.4, -0.2) is 13.0 Å². The zero-order chi connectivity index (χ0) is 15.4. The van der Waals surface area contributed by atoms with Gasteiger partial charge in [0.2, 0.25) is 0 Å². The lowest BCUT2D eigenvalue weighted by Crippen LogP contribution is -2.13. The Labute approximate surface area is 124 Å². The summed E-state index contributed by atoms with van der Waals surface area (Å²) < 4.78 is 5.22. The molecular weight excluding hydrogens is 264 g/mol. The predicted molar refractivity (Wildman–Crippen MR) is 81.6 cm³/mol. The Morgan fingerprint density at radius 2 is 1.86 bits per heavy atom. The summed E-state index contributed by atoms with van der Waals surface area (Å²) in [6.07, 6.45) is 0. The van der Waals surface area contributed by atoms with Crippen LogP contribution >= 0.6 is 0 Å². The van der Waals surface area contributed by atoms with Crippen LogP contribution in [0.25, 0.3) is 0 Å². The van der Waals surface area contributed by atoms with Gasteiger partial charge >= 0.3 is 0 Å². The monoisotopic (exact) mass is 280 g/mol. The van der Waals surface area contributed by atoms with E-state index in [9.17, 15) is 4.79 Å². The molecule has 1 N–H and O–H groups in total. The molecule has 2 aromatic carbocycles. The van der Waals surface area contributed by atoms with Gasteiger partial charge in [-0.2, -0.15) is 5.26 Å². The first-order valence-electron chi connectivity index (χ1n) is 6.52. The number of nitrogens with one attached hydrogen (secondary N) is 1. The number of carbonyl (C=O) groups is 1. The van der Waals surface area contributed by atoms with E-state index in [0.717, 1.165) is 11.1 Å². The van der Waals surface area contributed by atoms with Crippen molar-refractivity contribution >= 4 is 11.6 Å². The first-order chi connectivity index (χ1) is 10.0. The van der Waals surface area contributed by atoms with Crippen molar-refractivity contribution in [1.82, 2.24) is 0 Å². The maximum atomic E-state index is 12.3. The van der Waals surface area contributed by atoms with E-state index in [0.29, 0.717) is 22.6 Å². The molecule has 0 aromatic heterocycles. The number of amides is 1. The highest BCUT2D eigenvalue weighted by atomic mass is 16.5. The molecule has 0 bridgehead atoms. The number of carbonyl (C=O) groups excluding carboxylic acids is 1. The highest BCUT2D eigenvalue weighted by Gasteiger charge is 2.10. The van der Waals surface area contributed by atoms with E-state index in [-0.39, 0.29) is 5.91 Å². The van der Waals surface area contributed by atoms with Gasteiger partial charge in [-0.25, -0.2) is 0 Å². The van der Waals surface area contributed by atoms with Gasteiger partial charge < -0.3 is 10.1 Å². The van der Waals surface area contributed by atoms with Crippen LogP contribution in [0, 0.1) is 25.2 Å². The van der Waals surface area contributed by atoms with Crippen LogP contribution in [0.15, 0.2) is 36.4 Å². The number of anilines is 1. The SMILES string of the molecule is COc1cc(C(=O)Nc2cc(C#N)ccc2C)ccc1C. The molecular formula is C17H16N2O2. The minimum Gasteiger partial charge on any atom is -0.496 e. The third-order valence-corrected chi connectivity index (χ3v) is 3.29. The molecule has 4 nitrogen and oxygen atoms in total. The summed E-state index contributed by atoms with van der Waals surface area (Å²) in [6, 6.07) is 12.5. The van der Waals surface area contributed by atoms with E-state index in [2.05, 4.69) is 11.4 Å². The first kappa shape index (κ1) is 14.6. The first-order valence-corrected chi connectivity index (χ1v) is 6.52. The van der Waals surface area contributed by atoms with Crippen LogP contribution < -0.4 is 10.1 Å². The topological polar surface area (TPSA) is 62.1 Å². The third kappa shape index (κ3) is 3.21. The summed E-state index contributed by atoms with van der Waals surface area (Å²) in [5.74, 6) is 0.441. The molecule has 0 aliphatic rings. The van der Waals surface area contributed by atoms with Gasteiger partial charge in [0.05, 0.1) is 18.7 Å². The Morgan fingerprint density at radius 3 is 2.52 bits per heavy atom. The molecule has 0 atom stereocenters. The summed E-state index contributed by atoms with van der Waals surface area (Å²) in [4.78, 5) is 12.3. The number of rotatable bonds is 3. The Balaban J connectivity index is 2.28. The standard InChI is InChI=1S/C17H16N2O2/c1-11-4-6-13(10-18)8-15(11)19-17(20)14-7-5-12(2)16(9-14)21-3/h4-9H,1-3H3,(H,19,20). The minimum absolute atomic E-state index is 0.230. The van der Waals surface area contributed by atoms with Gasteiger partial charge in [0.1, 0.15) is 5.75 Å². The molecule has 21 heavy (non-hydrogen) atoms. The number of hydrogen-bond acceptors (Lipinski definition) is 3. The van der Waals surface area contributed by atoms with Crippen LogP contribution in [0.5, 0.6) is 5.75 Å². The highest BCUT2D eigenvalue weighted by Crippen LogP contribution is 2.21. The minimum atomic E-state index is -0.230. The Hall–Kier alpha value is -2.80. The van der Waals surface area contributed by atoms with E-state index in [1.165, 1.54) is 0 Å². The van der Waals surface area contributed by atoms with Gasteiger partial charge in [-0.15, -0.1) is 0 Å². The number of hydrogen-bond donors (Lipinski definition) is 1. The second-order valence-corrected chi connectivity index (χ2v) is 4.78. The summed E-state index contributed by atoms with van der Waals surface area (Å²) in [5.41, 5.74) is 3.54. The van der Waals surface area contributed by atoms with Crippen molar-refractivity contribution in [2.75, 3.05) is 12.4 Å². The van der Waals surface area contributed by atoms with E-state index in [1.807, 2.05) is 26.0 Å². The van der Waals surface area contributed by atoms with Gasteiger partial charge in [0, 0.05) is 11.3 Å². The molecule has 0 saturated carbocycles. The summed E-state index contributed by atoms with van der Waals surface area (Å²) in [7, 11) is 1.57. The number of aryl methyl sites for hydroxylation is 2. The molecule has 0 unspecified atom stereocenters. The third-order valence-electron chi connectivity index (χ3n) is 3.29. The molecule has 0 heterocycles. The predicted octanol–water partition coefficient (Wildman–Crippen LogP) is 3.44. The van der Waals surface area contributed by atoms with Crippen molar-refractivity contribution in [3.05, 3.63) is 58.7 Å². The van der Waals surface area contributed by atoms with E-state index in [4.69, 9.17) is 10.00 Å². The molecule has 0 aliphatic heterocycles. The molecule has 106 valence electrons. The number of ether oxygens (including phenoxy) is 1. The number of nitriles is 1. The Morgan fingerprint density at radius 1 is 1.14 bits per heavy atom. The average Bonchev–Trinajstić information content (AvgIpc) is 2.49. The molecule has 0 spiro atoms. The van der Waals surface area contributed by atoms with Gasteiger partial charge in [-0.05, 0) is 49.2 Å². The lowest BCUT2D eigenvalue weighted by Gasteiger charge is -2.10. The van der Waals surface area contributed by atoms with Gasteiger partial charge in [-0.3, -0.25) is 4.79 Å². The fraction of sp³-hybridized carbons (Fsp3) is 0.176. The zero-order valence-corrected chi connectivity index (χ0v) is 12.2. The maximum Gasteiger partial charge on any atom is 0.255 e. The average molecular weight is 280 g/mol. The van der Waals surface area contributed by atoms with Gasteiger partial charge in [0.15, 0.2) is 0 Å². The van der Waals surface area contributed by atoms with Crippen LogP contribution in [0.3, 0.4) is 0 Å². The van der Waals surface area contributed by atoms with Crippen molar-refractivity contribution in [3.63, 3.8) is 0 Å². The fourth-order valence-corrected chi connectivity index (χ4v) is 1.98. The smallest absolute Gasteiger partial charge is 0.255 e. The van der Waals surface area contributed by atoms with Gasteiger partial charge in [-0.1, -0.05) is 12.1 Å². The zero-order valence-electron chi connectivity index (χ0n) is 12.2. The van der Waals surface area contributed by atoms with Crippen molar-refractivity contribution < 1.29 is 9.53 Å². The van der Waals surface area contributed by atoms with Crippen LogP contribution in [-0.2, 0) is 0 Å². The van der Waals surface area contributed by atoms with Crippen LogP contribution in [0.4, 0.5) is 5.69 Å². The largest absolute Gasteiger partial charge is 0.496 e. The lowest BCUT2D eigenvalue weighted by atomic mass is 10.1. The van der Waals surface area contributed by atoms with Crippen molar-refractivity contribution in [3.8, 4) is 11.8 Å². The molecule has 0 radical (unpaired) electrons. The van der Waals surface area contributed by atoms with E-state index >= 15 is 0 Å². The number of benzene rings is 2. The second kappa shape index (κ2) is 6.10. The summed E-state index contributed by atoms with van der Waals surface area (Å²) in [6.45, 7) is 3.80. The second-order valence-electron chi connectivity index (χ2n) is 4.78. The van der Waals surface area contributed by atoms with Crippen LogP contribution in [0.1, 0.15) is 27.0 Å². The fourth-order valence-electron chi connectivity index (χ4n) is 1.98. The van der Waals surface area contributed by atoms with E-state index < -0.39 is 0 Å². The number of nitrogens with zero attached hydrogens (tertiary/aromatic N) is 1. The number of methoxy groups -OCH3 is 1. The highest BCUT2D eigenvalue weighted by molar-refractivity contribution is 6.05. The lowest BCUT2D eigenvalue weighted by molar-refractivity contribution is 0.102. The molecule has 2 aromatic rings. The van der Waals surface area contributed by atoms with Crippen molar-refractivity contribution in [2.45, 2.75) is 13.8 Å². The van der Waals surface area contributed by atoms with Crippen molar-refractivity contribution in [1.29, 1.82) is 5.26 Å². The quantitative estimate of drug-likeness (QED) is 0.936. The summed E-state index contributed by atoms with van der Waals surface area (Å²) in [5, 5.41) is 11.8. The summed E-state index contributed by atoms with van der Waals surface area (Å²) >= 11 is 0. The molecule has 2 rings (SSSR count). The molecule has 4 heteroatoms. The van der Waals surface area contributed by atoms with Crippen LogP contribution in [0.2, 0.25) is 0 Å². The Bertz CT molecular complexity index is 730. The van der Waals surface area contributed by atoms with Crippen molar-refractivity contribution in [2.24, 2.45) is 0 Å². The molecule has 0 fully saturated rings. The molecule has 1 amide bonds. The van der Waals surface area contributed by atoms with Gasteiger partial charge in [0.25, 0.3) is 5.91 Å². The van der Waals surface area contributed by atoms with E-state index in [1.54, 1.807) is 31.4 Å². The molecule has 0 saturated heterocycles. The maximum absolute atomic E-state index is 12.3. The normalized spacial score (nSPS) is 9.81.